The molecule has 2 fully saturated rings. The van der Waals surface area contributed by atoms with Crippen LogP contribution in [0.2, 0.25) is 0 Å². The molecule has 2 aliphatic rings. The van der Waals surface area contributed by atoms with Crippen molar-refractivity contribution in [3.8, 4) is 0 Å². The van der Waals surface area contributed by atoms with Crippen LogP contribution in [0.4, 0.5) is 0 Å². The molecule has 1 heterocycles. The van der Waals surface area contributed by atoms with Gasteiger partial charge in [0, 0.05) is 12.1 Å². The van der Waals surface area contributed by atoms with Crippen LogP contribution in [0.3, 0.4) is 0 Å². The van der Waals surface area contributed by atoms with Gasteiger partial charge in [-0.25, -0.2) is 0 Å². The van der Waals surface area contributed by atoms with Crippen LogP contribution >= 0.6 is 0 Å². The fraction of sp³-hybridized carbons (Fsp3) is 1.00. The Labute approximate surface area is 120 Å². The zero-order valence-corrected chi connectivity index (χ0v) is 13.5. The Morgan fingerprint density at radius 2 is 1.74 bits per heavy atom. The van der Waals surface area contributed by atoms with Crippen molar-refractivity contribution >= 4 is 0 Å². The molecule has 1 saturated carbocycles. The van der Waals surface area contributed by atoms with Gasteiger partial charge in [0.25, 0.3) is 0 Å². The Morgan fingerprint density at radius 3 is 2.26 bits per heavy atom. The predicted octanol–water partition coefficient (Wildman–Crippen LogP) is 3.67. The van der Waals surface area contributed by atoms with Gasteiger partial charge in [0.05, 0.1) is 0 Å². The van der Waals surface area contributed by atoms with E-state index in [-0.39, 0.29) is 0 Å². The van der Waals surface area contributed by atoms with E-state index in [1.165, 1.54) is 58.2 Å². The van der Waals surface area contributed by atoms with Crippen molar-refractivity contribution in [1.29, 1.82) is 0 Å². The minimum Gasteiger partial charge on any atom is -0.314 e. The van der Waals surface area contributed by atoms with Crippen molar-refractivity contribution in [3.05, 3.63) is 0 Å². The summed E-state index contributed by atoms with van der Waals surface area (Å²) in [6.07, 6.45) is 8.32. The molecule has 1 unspecified atom stereocenters. The number of likely N-dealkylation sites (tertiary alicyclic amines) is 1. The summed E-state index contributed by atoms with van der Waals surface area (Å²) in [5.74, 6) is 0.924. The van der Waals surface area contributed by atoms with Crippen LogP contribution < -0.4 is 5.32 Å². The molecule has 1 atom stereocenters. The molecule has 1 saturated heterocycles. The smallest absolute Gasteiger partial charge is 0.00682 e. The SMILES string of the molecule is CC(CCCNC1CC1)N1CCC(C(C)(C)C)CC1. The summed E-state index contributed by atoms with van der Waals surface area (Å²) < 4.78 is 0. The van der Waals surface area contributed by atoms with Gasteiger partial charge in [-0.05, 0) is 76.4 Å². The molecule has 19 heavy (non-hydrogen) atoms. The van der Waals surface area contributed by atoms with E-state index < -0.39 is 0 Å². The molecule has 0 aromatic carbocycles. The van der Waals surface area contributed by atoms with Gasteiger partial charge >= 0.3 is 0 Å². The minimum atomic E-state index is 0.503. The third-order valence-corrected chi connectivity index (χ3v) is 5.19. The molecule has 1 N–H and O–H groups in total. The Bertz CT molecular complexity index is 257. The summed E-state index contributed by atoms with van der Waals surface area (Å²) in [6, 6.07) is 1.65. The van der Waals surface area contributed by atoms with Crippen molar-refractivity contribution in [1.82, 2.24) is 10.2 Å². The summed E-state index contributed by atoms with van der Waals surface area (Å²) in [6.45, 7) is 13.5. The van der Waals surface area contributed by atoms with Gasteiger partial charge in [0.1, 0.15) is 0 Å². The number of rotatable bonds is 6. The van der Waals surface area contributed by atoms with Crippen molar-refractivity contribution in [2.45, 2.75) is 78.3 Å². The van der Waals surface area contributed by atoms with Gasteiger partial charge in [0.2, 0.25) is 0 Å². The van der Waals surface area contributed by atoms with Gasteiger partial charge in [-0.2, -0.15) is 0 Å². The molecule has 0 bridgehead atoms. The van der Waals surface area contributed by atoms with Crippen LogP contribution in [0.15, 0.2) is 0 Å². The van der Waals surface area contributed by atoms with E-state index in [0.29, 0.717) is 5.41 Å². The number of nitrogens with zero attached hydrogens (tertiary/aromatic N) is 1. The average Bonchev–Trinajstić information content (AvgIpc) is 3.17. The van der Waals surface area contributed by atoms with Gasteiger partial charge in [-0.15, -0.1) is 0 Å². The lowest BCUT2D eigenvalue weighted by atomic mass is 9.75. The summed E-state index contributed by atoms with van der Waals surface area (Å²) in [7, 11) is 0. The normalized spacial score (nSPS) is 24.6. The van der Waals surface area contributed by atoms with Crippen molar-refractivity contribution in [2.24, 2.45) is 11.3 Å². The van der Waals surface area contributed by atoms with Crippen LogP contribution in [0.5, 0.6) is 0 Å². The zero-order chi connectivity index (χ0) is 13.9. The van der Waals surface area contributed by atoms with Crippen LogP contribution in [-0.4, -0.2) is 36.6 Å². The molecule has 112 valence electrons. The largest absolute Gasteiger partial charge is 0.314 e. The molecule has 0 radical (unpaired) electrons. The second kappa shape index (κ2) is 6.58. The van der Waals surface area contributed by atoms with E-state index in [0.717, 1.165) is 18.0 Å². The first kappa shape index (κ1) is 15.3. The predicted molar refractivity (Wildman–Crippen MR) is 83.5 cm³/mol. The second-order valence-electron chi connectivity index (χ2n) is 7.90. The standard InChI is InChI=1S/C17H34N2/c1-14(6-5-11-18-16-7-8-16)19-12-9-15(10-13-19)17(2,3)4/h14-16,18H,5-13H2,1-4H3. The van der Waals surface area contributed by atoms with Crippen molar-refractivity contribution < 1.29 is 0 Å². The lowest BCUT2D eigenvalue weighted by molar-refractivity contribution is 0.0844. The third-order valence-electron chi connectivity index (χ3n) is 5.19. The molecule has 1 aliphatic heterocycles. The van der Waals surface area contributed by atoms with E-state index in [4.69, 9.17) is 0 Å². The maximum atomic E-state index is 3.62. The number of hydrogen-bond acceptors (Lipinski definition) is 2. The van der Waals surface area contributed by atoms with Gasteiger partial charge in [-0.3, -0.25) is 0 Å². The van der Waals surface area contributed by atoms with Crippen LogP contribution in [-0.2, 0) is 0 Å². The van der Waals surface area contributed by atoms with Crippen LogP contribution in [0, 0.1) is 11.3 Å². The Hall–Kier alpha value is -0.0800. The molecule has 0 spiro atoms. The van der Waals surface area contributed by atoms with E-state index in [1.807, 2.05) is 0 Å². The number of nitrogens with one attached hydrogen (secondary N) is 1. The van der Waals surface area contributed by atoms with Gasteiger partial charge in [-0.1, -0.05) is 20.8 Å². The lowest BCUT2D eigenvalue weighted by Gasteiger charge is -2.41. The highest BCUT2D eigenvalue weighted by Crippen LogP contribution is 2.34. The molecule has 2 heteroatoms. The summed E-state index contributed by atoms with van der Waals surface area (Å²) in [5.41, 5.74) is 0.503. The van der Waals surface area contributed by atoms with Gasteiger partial charge in [0.15, 0.2) is 0 Å². The molecule has 0 aromatic rings. The van der Waals surface area contributed by atoms with E-state index in [1.54, 1.807) is 0 Å². The minimum absolute atomic E-state index is 0.503. The fourth-order valence-electron chi connectivity index (χ4n) is 3.38. The average molecular weight is 266 g/mol. The zero-order valence-electron chi connectivity index (χ0n) is 13.5. The highest BCUT2D eigenvalue weighted by Gasteiger charge is 2.30. The molecule has 0 aromatic heterocycles. The highest BCUT2D eigenvalue weighted by atomic mass is 15.2. The quantitative estimate of drug-likeness (QED) is 0.738. The van der Waals surface area contributed by atoms with Gasteiger partial charge < -0.3 is 10.2 Å². The maximum Gasteiger partial charge on any atom is 0.00682 e. The summed E-state index contributed by atoms with van der Waals surface area (Å²) in [4.78, 5) is 2.72. The lowest BCUT2D eigenvalue weighted by Crippen LogP contribution is -2.42. The van der Waals surface area contributed by atoms with E-state index >= 15 is 0 Å². The maximum absolute atomic E-state index is 3.62. The fourth-order valence-corrected chi connectivity index (χ4v) is 3.38. The molecule has 1 aliphatic carbocycles. The van der Waals surface area contributed by atoms with E-state index in [9.17, 15) is 0 Å². The summed E-state index contributed by atoms with van der Waals surface area (Å²) >= 11 is 0. The topological polar surface area (TPSA) is 15.3 Å². The molecule has 2 nitrogen and oxygen atoms in total. The Kier molecular flexibility index (Phi) is 5.30. The second-order valence-corrected chi connectivity index (χ2v) is 7.90. The number of piperidine rings is 1. The van der Waals surface area contributed by atoms with Crippen molar-refractivity contribution in [3.63, 3.8) is 0 Å². The van der Waals surface area contributed by atoms with E-state index in [2.05, 4.69) is 37.9 Å². The van der Waals surface area contributed by atoms with Crippen LogP contribution in [0.25, 0.3) is 0 Å². The molecular formula is C17H34N2. The first-order valence-corrected chi connectivity index (χ1v) is 8.44. The van der Waals surface area contributed by atoms with Crippen molar-refractivity contribution in [2.75, 3.05) is 19.6 Å². The molecule has 2 rings (SSSR count). The number of hydrogen-bond donors (Lipinski definition) is 1. The first-order valence-electron chi connectivity index (χ1n) is 8.44. The molecular weight excluding hydrogens is 232 g/mol. The Morgan fingerprint density at radius 1 is 1.11 bits per heavy atom. The first-order chi connectivity index (χ1) is 8.97. The highest BCUT2D eigenvalue weighted by molar-refractivity contribution is 4.83. The Balaban J connectivity index is 1.59. The third kappa shape index (κ3) is 5.07. The van der Waals surface area contributed by atoms with Crippen LogP contribution in [0.1, 0.15) is 66.2 Å². The summed E-state index contributed by atoms with van der Waals surface area (Å²) in [5, 5.41) is 3.62. The monoisotopic (exact) mass is 266 g/mol. The molecule has 0 amide bonds.